The number of rotatable bonds is 14. The topological polar surface area (TPSA) is 27.7 Å². The van der Waals surface area contributed by atoms with Crippen LogP contribution in [0.3, 0.4) is 0 Å². The van der Waals surface area contributed by atoms with Crippen LogP contribution in [0.5, 0.6) is 0 Å². The van der Waals surface area contributed by atoms with E-state index in [-0.39, 0.29) is 12.2 Å². The van der Waals surface area contributed by atoms with Crippen molar-refractivity contribution in [2.24, 2.45) is 5.92 Å². The third-order valence-electron chi connectivity index (χ3n) is 9.45. The summed E-state index contributed by atoms with van der Waals surface area (Å²) in [7, 11) is -1.92. The smallest absolute Gasteiger partial charge is 0.200 e. The molecule has 3 nitrogen and oxygen atoms in total. The van der Waals surface area contributed by atoms with E-state index in [1.165, 1.54) is 5.57 Å². The van der Waals surface area contributed by atoms with Crippen LogP contribution in [0, 0.1) is 5.92 Å². The highest BCUT2D eigenvalue weighted by Crippen LogP contribution is 2.44. The fraction of sp³-hybridized carbons (Fsp3) is 0.474. The van der Waals surface area contributed by atoms with Gasteiger partial charge in [0, 0.05) is 12.5 Å². The second-order valence-corrected chi connectivity index (χ2v) is 18.5. The Morgan fingerprint density at radius 3 is 1.60 bits per heavy atom. The highest BCUT2D eigenvalue weighted by molar-refractivity contribution is 6.77. The molecule has 0 aliphatic carbocycles. The van der Waals surface area contributed by atoms with Crippen LogP contribution in [-0.2, 0) is 19.5 Å². The standard InChI is InChI=1S/C38H52O3Si/c1-28(2)36-26-35(41-37(36)24-25-40-42(29(3)4,30(5)6)31(7)8)27-39-38(32-18-12-9-13-19-32,33-20-14-10-15-21-33)34-22-16-11-17-23-34/h9-23,29-31,35-37H,1,24-27H2,2-8H3/t35-,36-,37-/m1/s1. The third kappa shape index (κ3) is 6.68. The van der Waals surface area contributed by atoms with E-state index in [1.807, 2.05) is 0 Å². The van der Waals surface area contributed by atoms with Gasteiger partial charge in [-0.2, -0.15) is 0 Å². The molecule has 0 unspecified atom stereocenters. The summed E-state index contributed by atoms with van der Waals surface area (Å²) < 4.78 is 20.8. The van der Waals surface area contributed by atoms with Crippen LogP contribution in [0.15, 0.2) is 103 Å². The van der Waals surface area contributed by atoms with E-state index in [2.05, 4.69) is 146 Å². The van der Waals surface area contributed by atoms with E-state index in [4.69, 9.17) is 13.9 Å². The Balaban J connectivity index is 1.57. The van der Waals surface area contributed by atoms with E-state index in [9.17, 15) is 0 Å². The minimum Gasteiger partial charge on any atom is -0.416 e. The van der Waals surface area contributed by atoms with Gasteiger partial charge in [-0.15, -0.1) is 0 Å². The molecule has 0 saturated carbocycles. The lowest BCUT2D eigenvalue weighted by Crippen LogP contribution is -2.48. The van der Waals surface area contributed by atoms with Crippen molar-refractivity contribution in [1.82, 2.24) is 0 Å². The Labute approximate surface area is 256 Å². The lowest BCUT2D eigenvalue weighted by Gasteiger charge is -2.42. The van der Waals surface area contributed by atoms with Crippen molar-refractivity contribution in [1.29, 1.82) is 0 Å². The summed E-state index contributed by atoms with van der Waals surface area (Å²) in [6.45, 7) is 21.8. The summed E-state index contributed by atoms with van der Waals surface area (Å²) in [6.07, 6.45) is 1.87. The first kappa shape index (κ1) is 32.4. The molecule has 42 heavy (non-hydrogen) atoms. The molecule has 0 spiro atoms. The van der Waals surface area contributed by atoms with Gasteiger partial charge in [-0.3, -0.25) is 0 Å². The first-order chi connectivity index (χ1) is 20.1. The van der Waals surface area contributed by atoms with Crippen LogP contribution in [0.4, 0.5) is 0 Å². The summed E-state index contributed by atoms with van der Waals surface area (Å²) in [4.78, 5) is 0. The maximum Gasteiger partial charge on any atom is 0.200 e. The highest BCUT2D eigenvalue weighted by Gasteiger charge is 2.46. The minimum atomic E-state index is -1.92. The van der Waals surface area contributed by atoms with Gasteiger partial charge >= 0.3 is 0 Å². The van der Waals surface area contributed by atoms with E-state index in [1.54, 1.807) is 0 Å². The molecule has 1 aliphatic heterocycles. The lowest BCUT2D eigenvalue weighted by atomic mass is 9.80. The first-order valence-electron chi connectivity index (χ1n) is 15.9. The molecule has 4 rings (SSSR count). The maximum atomic E-state index is 7.12. The van der Waals surface area contributed by atoms with Gasteiger partial charge in [0.25, 0.3) is 0 Å². The van der Waals surface area contributed by atoms with Gasteiger partial charge < -0.3 is 13.9 Å². The van der Waals surface area contributed by atoms with Crippen LogP contribution >= 0.6 is 0 Å². The average molecular weight is 585 g/mol. The number of hydrogen-bond acceptors (Lipinski definition) is 3. The molecule has 0 aromatic heterocycles. The van der Waals surface area contributed by atoms with Crippen molar-refractivity contribution in [3.63, 3.8) is 0 Å². The van der Waals surface area contributed by atoms with E-state index >= 15 is 0 Å². The summed E-state index contributed by atoms with van der Waals surface area (Å²) in [5, 5.41) is 0. The van der Waals surface area contributed by atoms with Gasteiger partial charge in [0.2, 0.25) is 0 Å². The number of hydrogen-bond donors (Lipinski definition) is 0. The second kappa shape index (κ2) is 14.3. The summed E-state index contributed by atoms with van der Waals surface area (Å²) in [5.74, 6) is 0.301. The Bertz CT molecular complexity index is 1120. The molecule has 226 valence electrons. The van der Waals surface area contributed by atoms with Crippen LogP contribution in [0.1, 0.15) is 78.0 Å². The highest BCUT2D eigenvalue weighted by atomic mass is 28.4. The van der Waals surface area contributed by atoms with E-state index in [0.717, 1.165) is 36.1 Å². The van der Waals surface area contributed by atoms with Crippen LogP contribution in [0.25, 0.3) is 0 Å². The zero-order valence-electron chi connectivity index (χ0n) is 26.9. The quantitative estimate of drug-likeness (QED) is 0.107. The monoisotopic (exact) mass is 584 g/mol. The van der Waals surface area contributed by atoms with Crippen molar-refractivity contribution in [2.75, 3.05) is 13.2 Å². The summed E-state index contributed by atoms with van der Waals surface area (Å²) in [6, 6.07) is 31.7. The Kier molecular flexibility index (Phi) is 11.0. The van der Waals surface area contributed by atoms with E-state index < -0.39 is 13.9 Å². The van der Waals surface area contributed by atoms with Gasteiger partial charge in [0.15, 0.2) is 8.32 Å². The largest absolute Gasteiger partial charge is 0.416 e. The fourth-order valence-electron chi connectivity index (χ4n) is 7.57. The van der Waals surface area contributed by atoms with E-state index in [0.29, 0.717) is 29.1 Å². The summed E-state index contributed by atoms with van der Waals surface area (Å²) in [5.41, 5.74) is 5.48. The van der Waals surface area contributed by atoms with Gasteiger partial charge in [-0.1, -0.05) is 145 Å². The average Bonchev–Trinajstić information content (AvgIpc) is 3.40. The number of ether oxygens (including phenoxy) is 2. The molecule has 0 radical (unpaired) electrons. The molecule has 0 amide bonds. The normalized spacial score (nSPS) is 19.6. The molecule has 3 aromatic carbocycles. The number of benzene rings is 3. The van der Waals surface area contributed by atoms with Crippen LogP contribution < -0.4 is 0 Å². The second-order valence-electron chi connectivity index (χ2n) is 13.0. The minimum absolute atomic E-state index is 0.0190. The third-order valence-corrected chi connectivity index (χ3v) is 15.6. The van der Waals surface area contributed by atoms with Crippen molar-refractivity contribution in [3.8, 4) is 0 Å². The first-order valence-corrected chi connectivity index (χ1v) is 18.0. The predicted molar refractivity (Wildman–Crippen MR) is 178 cm³/mol. The molecular formula is C38H52O3Si. The SMILES string of the molecule is C=C(C)[C@H]1C[C@H](COC(c2ccccc2)(c2ccccc2)c2ccccc2)O[C@@H]1CCO[Si](C(C)C)(C(C)C)C(C)C. The molecule has 1 fully saturated rings. The molecular weight excluding hydrogens is 533 g/mol. The van der Waals surface area contributed by atoms with Crippen molar-refractivity contribution in [2.45, 2.75) is 95.7 Å². The zero-order chi connectivity index (χ0) is 30.3. The summed E-state index contributed by atoms with van der Waals surface area (Å²) >= 11 is 0. The molecule has 3 atom stereocenters. The molecule has 3 aromatic rings. The van der Waals surface area contributed by atoms with Crippen molar-refractivity contribution in [3.05, 3.63) is 120 Å². The van der Waals surface area contributed by atoms with Gasteiger partial charge in [-0.05, 0) is 53.1 Å². The molecule has 1 aliphatic rings. The maximum absolute atomic E-state index is 7.12. The van der Waals surface area contributed by atoms with Crippen molar-refractivity contribution >= 4 is 8.32 Å². The van der Waals surface area contributed by atoms with Gasteiger partial charge in [0.1, 0.15) is 5.60 Å². The Morgan fingerprint density at radius 1 is 0.786 bits per heavy atom. The van der Waals surface area contributed by atoms with Gasteiger partial charge in [0.05, 0.1) is 18.8 Å². The fourth-order valence-corrected chi connectivity index (χ4v) is 13.0. The Hall–Kier alpha value is -2.50. The molecule has 0 bridgehead atoms. The van der Waals surface area contributed by atoms with Crippen LogP contribution in [0.2, 0.25) is 16.6 Å². The van der Waals surface area contributed by atoms with Crippen molar-refractivity contribution < 1.29 is 13.9 Å². The molecule has 4 heteroatoms. The molecule has 0 N–H and O–H groups in total. The molecule has 1 saturated heterocycles. The van der Waals surface area contributed by atoms with Crippen LogP contribution in [-0.4, -0.2) is 33.7 Å². The predicted octanol–water partition coefficient (Wildman–Crippen LogP) is 9.93. The van der Waals surface area contributed by atoms with Gasteiger partial charge in [-0.25, -0.2) is 0 Å². The lowest BCUT2D eigenvalue weighted by molar-refractivity contribution is -0.0654. The Morgan fingerprint density at radius 2 is 1.21 bits per heavy atom. The zero-order valence-corrected chi connectivity index (χ0v) is 27.9. The molecule has 1 heterocycles.